The molecule has 0 spiro atoms. The highest BCUT2D eigenvalue weighted by Crippen LogP contribution is 2.27. The number of hydrogen-bond donors (Lipinski definition) is 2. The number of nitro benzene ring substituents is 1. The van der Waals surface area contributed by atoms with Crippen molar-refractivity contribution in [2.75, 3.05) is 25.1 Å². The van der Waals surface area contributed by atoms with Crippen LogP contribution < -0.4 is 11.1 Å². The fourth-order valence-electron chi connectivity index (χ4n) is 3.16. The van der Waals surface area contributed by atoms with Gasteiger partial charge in [0, 0.05) is 23.9 Å². The number of thioether (sulfide) groups is 1. The van der Waals surface area contributed by atoms with Gasteiger partial charge in [-0.15, -0.1) is 11.8 Å². The van der Waals surface area contributed by atoms with Crippen LogP contribution in [0.5, 0.6) is 0 Å². The van der Waals surface area contributed by atoms with Gasteiger partial charge in [-0.05, 0) is 31.0 Å². The van der Waals surface area contributed by atoms with Gasteiger partial charge in [-0.1, -0.05) is 0 Å². The van der Waals surface area contributed by atoms with Gasteiger partial charge in [-0.25, -0.2) is 4.79 Å². The summed E-state index contributed by atoms with van der Waals surface area (Å²) in [5.74, 6) is -0.802. The summed E-state index contributed by atoms with van der Waals surface area (Å²) < 4.78 is 33.4. The number of likely N-dealkylation sites (tertiary alicyclic amines) is 1. The molecule has 0 saturated carbocycles. The van der Waals surface area contributed by atoms with E-state index in [-0.39, 0.29) is 37.6 Å². The lowest BCUT2D eigenvalue weighted by Crippen LogP contribution is -2.40. The fourth-order valence-corrected chi connectivity index (χ4v) is 4.86. The number of primary amides is 1. The van der Waals surface area contributed by atoms with Crippen LogP contribution in [0.25, 0.3) is 0 Å². The molecule has 1 aliphatic rings. The van der Waals surface area contributed by atoms with Gasteiger partial charge in [0.15, 0.2) is 0 Å². The molecular weight excluding hydrogens is 492 g/mol. The average Bonchev–Trinajstić information content (AvgIpc) is 3.15. The van der Waals surface area contributed by atoms with E-state index in [1.54, 1.807) is 6.92 Å². The van der Waals surface area contributed by atoms with E-state index in [4.69, 9.17) is 14.7 Å². The summed E-state index contributed by atoms with van der Waals surface area (Å²) in [6, 6.07) is 5.03. The summed E-state index contributed by atoms with van der Waals surface area (Å²) in [4.78, 5) is 47.1. The molecular formula is C19H26N4O9S2. The van der Waals surface area contributed by atoms with Crippen molar-refractivity contribution in [2.24, 2.45) is 5.73 Å². The van der Waals surface area contributed by atoms with Gasteiger partial charge in [0.25, 0.3) is 15.8 Å². The van der Waals surface area contributed by atoms with Gasteiger partial charge in [0.2, 0.25) is 11.8 Å². The number of amides is 3. The van der Waals surface area contributed by atoms with E-state index in [9.17, 15) is 32.9 Å². The number of carbonyl (C=O) groups is 3. The third-order valence-corrected chi connectivity index (χ3v) is 6.69. The average molecular weight is 519 g/mol. The molecule has 2 rings (SSSR count). The molecule has 0 aliphatic carbocycles. The highest BCUT2D eigenvalue weighted by molar-refractivity contribution is 8.00. The van der Waals surface area contributed by atoms with E-state index in [1.165, 1.54) is 40.9 Å². The molecule has 15 heteroatoms. The third-order valence-electron chi connectivity index (χ3n) is 4.78. The third kappa shape index (κ3) is 8.79. The predicted molar refractivity (Wildman–Crippen MR) is 122 cm³/mol. The molecule has 188 valence electrons. The molecule has 34 heavy (non-hydrogen) atoms. The SMILES string of the molecule is CC(SC[C@@H]1C[C@H](OS(C)(=O)=O)CN1C(=O)OCc1ccc([N+](=O)[O-])cc1)C(=O)NCC(N)=O. The second-order valence-electron chi connectivity index (χ2n) is 7.60. The van der Waals surface area contributed by atoms with Crippen LogP contribution in [0, 0.1) is 10.1 Å². The molecule has 0 aromatic heterocycles. The largest absolute Gasteiger partial charge is 0.445 e. The molecule has 1 heterocycles. The van der Waals surface area contributed by atoms with Gasteiger partial charge < -0.3 is 20.7 Å². The molecule has 3 amide bonds. The van der Waals surface area contributed by atoms with Crippen LogP contribution in [0.2, 0.25) is 0 Å². The van der Waals surface area contributed by atoms with Crippen LogP contribution in [-0.4, -0.2) is 78.6 Å². The maximum absolute atomic E-state index is 12.7. The minimum absolute atomic E-state index is 0.0281. The molecule has 1 aliphatic heterocycles. The van der Waals surface area contributed by atoms with Crippen LogP contribution in [0.1, 0.15) is 18.9 Å². The van der Waals surface area contributed by atoms with E-state index in [0.717, 1.165) is 6.26 Å². The lowest BCUT2D eigenvalue weighted by Gasteiger charge is -2.24. The topological polar surface area (TPSA) is 188 Å². The number of nitro groups is 1. The Morgan fingerprint density at radius 3 is 2.53 bits per heavy atom. The maximum atomic E-state index is 12.7. The maximum Gasteiger partial charge on any atom is 0.410 e. The van der Waals surface area contributed by atoms with E-state index in [0.29, 0.717) is 5.56 Å². The smallest absolute Gasteiger partial charge is 0.410 e. The summed E-state index contributed by atoms with van der Waals surface area (Å²) in [7, 11) is -3.76. The van der Waals surface area contributed by atoms with Crippen molar-refractivity contribution in [1.29, 1.82) is 0 Å². The highest BCUT2D eigenvalue weighted by atomic mass is 32.2. The molecule has 3 N–H and O–H groups in total. The summed E-state index contributed by atoms with van der Waals surface area (Å²) in [6.45, 7) is 1.16. The standard InChI is InChI=1S/C19H26N4O9S2/c1-12(18(25)21-8-17(20)24)33-11-15-7-16(32-34(2,29)30)9-22(15)19(26)31-10-13-3-5-14(6-4-13)23(27)28/h3-6,12,15-16H,7-11H2,1-2H3,(H2,20,24)(H,21,25)/t12?,15-,16-/m0/s1. The number of non-ortho nitro benzene ring substituents is 1. The zero-order valence-corrected chi connectivity index (χ0v) is 20.2. The van der Waals surface area contributed by atoms with Crippen molar-refractivity contribution in [3.63, 3.8) is 0 Å². The number of nitrogens with two attached hydrogens (primary N) is 1. The number of rotatable bonds is 11. The Balaban J connectivity index is 2.00. The summed E-state index contributed by atoms with van der Waals surface area (Å²) in [5, 5.41) is 12.6. The molecule has 1 saturated heterocycles. The molecule has 1 aromatic carbocycles. The zero-order chi connectivity index (χ0) is 25.5. The van der Waals surface area contributed by atoms with E-state index in [1.807, 2.05) is 0 Å². The minimum Gasteiger partial charge on any atom is -0.445 e. The van der Waals surface area contributed by atoms with E-state index < -0.39 is 50.3 Å². The van der Waals surface area contributed by atoms with Crippen LogP contribution in [0.4, 0.5) is 10.5 Å². The Kier molecular flexibility index (Phi) is 9.64. The monoisotopic (exact) mass is 518 g/mol. The van der Waals surface area contributed by atoms with Gasteiger partial charge in [0.05, 0.1) is 35.6 Å². The Hall–Kier alpha value is -2.91. The molecule has 1 unspecified atom stereocenters. The van der Waals surface area contributed by atoms with Crippen molar-refractivity contribution >= 4 is 45.5 Å². The Bertz CT molecular complexity index is 1020. The van der Waals surface area contributed by atoms with Crippen LogP contribution >= 0.6 is 11.8 Å². The van der Waals surface area contributed by atoms with Crippen molar-refractivity contribution in [3.05, 3.63) is 39.9 Å². The summed E-state index contributed by atoms with van der Waals surface area (Å²) in [5.41, 5.74) is 5.45. The first-order valence-corrected chi connectivity index (χ1v) is 12.9. The quantitative estimate of drug-likeness (QED) is 0.235. The lowest BCUT2D eigenvalue weighted by molar-refractivity contribution is -0.384. The first-order valence-electron chi connectivity index (χ1n) is 10.1. The van der Waals surface area contributed by atoms with Crippen LogP contribution in [0.3, 0.4) is 0 Å². The minimum atomic E-state index is -3.76. The molecule has 13 nitrogen and oxygen atoms in total. The van der Waals surface area contributed by atoms with Crippen molar-refractivity contribution in [1.82, 2.24) is 10.2 Å². The zero-order valence-electron chi connectivity index (χ0n) is 18.5. The number of hydrogen-bond acceptors (Lipinski definition) is 10. The van der Waals surface area contributed by atoms with Crippen molar-refractivity contribution in [3.8, 4) is 0 Å². The van der Waals surface area contributed by atoms with Crippen molar-refractivity contribution < 1.29 is 36.6 Å². The van der Waals surface area contributed by atoms with E-state index in [2.05, 4.69) is 5.32 Å². The van der Waals surface area contributed by atoms with Gasteiger partial charge >= 0.3 is 6.09 Å². The van der Waals surface area contributed by atoms with Gasteiger partial charge in [-0.3, -0.25) is 23.9 Å². The molecule has 3 atom stereocenters. The van der Waals surface area contributed by atoms with Crippen LogP contribution in [-0.2, 0) is 35.2 Å². The fraction of sp³-hybridized carbons (Fsp3) is 0.526. The first kappa shape index (κ1) is 27.3. The summed E-state index contributed by atoms with van der Waals surface area (Å²) >= 11 is 1.21. The second-order valence-corrected chi connectivity index (χ2v) is 10.6. The molecule has 0 radical (unpaired) electrons. The molecule has 1 fully saturated rings. The highest BCUT2D eigenvalue weighted by Gasteiger charge is 2.38. The first-order chi connectivity index (χ1) is 15.9. The number of carbonyl (C=O) groups excluding carboxylic acids is 3. The second kappa shape index (κ2) is 12.0. The van der Waals surface area contributed by atoms with E-state index >= 15 is 0 Å². The number of ether oxygens (including phenoxy) is 1. The Morgan fingerprint density at radius 2 is 1.97 bits per heavy atom. The molecule has 0 bridgehead atoms. The predicted octanol–water partition coefficient (Wildman–Crippen LogP) is 0.374. The normalized spacial score (nSPS) is 18.8. The Morgan fingerprint density at radius 1 is 1.32 bits per heavy atom. The lowest BCUT2D eigenvalue weighted by atomic mass is 10.2. The van der Waals surface area contributed by atoms with Crippen LogP contribution in [0.15, 0.2) is 24.3 Å². The Labute approximate surface area is 200 Å². The van der Waals surface area contributed by atoms with Gasteiger partial charge in [0.1, 0.15) is 6.61 Å². The van der Waals surface area contributed by atoms with Crippen molar-refractivity contribution in [2.45, 2.75) is 37.3 Å². The summed E-state index contributed by atoms with van der Waals surface area (Å²) in [6.07, 6.45) is -0.360. The number of nitrogens with zero attached hydrogens (tertiary/aromatic N) is 2. The molecule has 1 aromatic rings. The number of nitrogens with one attached hydrogen (secondary N) is 1. The van der Waals surface area contributed by atoms with Gasteiger partial charge in [-0.2, -0.15) is 8.42 Å². The number of benzene rings is 1.